The lowest BCUT2D eigenvalue weighted by atomic mass is 9.98. The third-order valence-corrected chi connectivity index (χ3v) is 2.29. The molecule has 1 fully saturated rings. The zero-order chi connectivity index (χ0) is 9.14. The molecule has 68 valence electrons. The van der Waals surface area contributed by atoms with Gasteiger partial charge in [0.25, 0.3) is 0 Å². The highest BCUT2D eigenvalue weighted by Gasteiger charge is 2.28. The van der Waals surface area contributed by atoms with Gasteiger partial charge in [0, 0.05) is 12.3 Å². The predicted octanol–water partition coefficient (Wildman–Crippen LogP) is 0.158. The van der Waals surface area contributed by atoms with E-state index < -0.39 is 12.0 Å². The Morgan fingerprint density at radius 3 is 2.83 bits per heavy atom. The van der Waals surface area contributed by atoms with Crippen molar-refractivity contribution in [3.63, 3.8) is 0 Å². The third kappa shape index (κ3) is 2.04. The zero-order valence-electron chi connectivity index (χ0n) is 6.82. The second-order valence-electron chi connectivity index (χ2n) is 3.24. The van der Waals surface area contributed by atoms with Gasteiger partial charge in [-0.2, -0.15) is 0 Å². The summed E-state index contributed by atoms with van der Waals surface area (Å²) in [5.41, 5.74) is 5.31. The minimum atomic E-state index is -1.02. The van der Waals surface area contributed by atoms with Crippen molar-refractivity contribution in [3.05, 3.63) is 0 Å². The highest BCUT2D eigenvalue weighted by molar-refractivity contribution is 5.84. The Labute approximate surface area is 70.7 Å². The van der Waals surface area contributed by atoms with Crippen LogP contribution in [-0.2, 0) is 9.59 Å². The van der Waals surface area contributed by atoms with Gasteiger partial charge in [-0.3, -0.25) is 9.59 Å². The number of ketones is 1. The van der Waals surface area contributed by atoms with Crippen LogP contribution in [0.5, 0.6) is 0 Å². The number of rotatable bonds is 3. The largest absolute Gasteiger partial charge is 0.480 e. The highest BCUT2D eigenvalue weighted by atomic mass is 16.4. The van der Waals surface area contributed by atoms with Crippen LogP contribution in [0.3, 0.4) is 0 Å². The molecule has 1 aliphatic rings. The van der Waals surface area contributed by atoms with E-state index in [0.29, 0.717) is 12.8 Å². The minimum Gasteiger partial charge on any atom is -0.480 e. The summed E-state index contributed by atoms with van der Waals surface area (Å²) in [6.45, 7) is 0. The summed E-state index contributed by atoms with van der Waals surface area (Å²) >= 11 is 0. The van der Waals surface area contributed by atoms with Crippen molar-refractivity contribution >= 4 is 11.8 Å². The second-order valence-corrected chi connectivity index (χ2v) is 3.24. The smallest absolute Gasteiger partial charge is 0.320 e. The summed E-state index contributed by atoms with van der Waals surface area (Å²) < 4.78 is 0. The van der Waals surface area contributed by atoms with E-state index in [1.165, 1.54) is 0 Å². The molecule has 0 aliphatic heterocycles. The van der Waals surface area contributed by atoms with Gasteiger partial charge in [0.2, 0.25) is 0 Å². The molecule has 0 spiro atoms. The summed E-state index contributed by atoms with van der Waals surface area (Å²) in [7, 11) is 0. The molecular weight excluding hydrogens is 158 g/mol. The molecule has 12 heavy (non-hydrogen) atoms. The summed E-state index contributed by atoms with van der Waals surface area (Å²) in [5.74, 6) is -0.947. The van der Waals surface area contributed by atoms with Crippen molar-refractivity contribution in [2.75, 3.05) is 0 Å². The van der Waals surface area contributed by atoms with Gasteiger partial charge in [0.1, 0.15) is 11.8 Å². The molecular formula is C8H13NO3. The van der Waals surface area contributed by atoms with Gasteiger partial charge >= 0.3 is 5.97 Å². The van der Waals surface area contributed by atoms with Gasteiger partial charge in [0.05, 0.1) is 0 Å². The maximum atomic E-state index is 11.1. The predicted molar refractivity (Wildman–Crippen MR) is 42.6 cm³/mol. The Morgan fingerprint density at radius 1 is 1.75 bits per heavy atom. The van der Waals surface area contributed by atoms with Crippen molar-refractivity contribution in [1.29, 1.82) is 0 Å². The van der Waals surface area contributed by atoms with Crippen LogP contribution in [0.1, 0.15) is 25.7 Å². The summed E-state index contributed by atoms with van der Waals surface area (Å²) in [6.07, 6.45) is 2.58. The van der Waals surface area contributed by atoms with Gasteiger partial charge in [-0.25, -0.2) is 0 Å². The van der Waals surface area contributed by atoms with E-state index in [1.807, 2.05) is 0 Å². The van der Waals surface area contributed by atoms with Crippen molar-refractivity contribution < 1.29 is 14.7 Å². The standard InChI is InChI=1S/C8H13NO3/c9-6(8(11)12)4-5-2-1-3-7(5)10/h5-6H,1-4,9H2,(H,11,12). The first kappa shape index (κ1) is 9.19. The van der Waals surface area contributed by atoms with Crippen LogP contribution in [0.2, 0.25) is 0 Å². The van der Waals surface area contributed by atoms with E-state index in [9.17, 15) is 9.59 Å². The summed E-state index contributed by atoms with van der Waals surface area (Å²) in [4.78, 5) is 21.4. The third-order valence-electron chi connectivity index (χ3n) is 2.29. The zero-order valence-corrected chi connectivity index (χ0v) is 6.82. The van der Waals surface area contributed by atoms with Crippen LogP contribution in [0.25, 0.3) is 0 Å². The van der Waals surface area contributed by atoms with E-state index >= 15 is 0 Å². The first-order valence-corrected chi connectivity index (χ1v) is 4.12. The molecule has 1 saturated carbocycles. The molecule has 0 saturated heterocycles. The van der Waals surface area contributed by atoms with E-state index in [-0.39, 0.29) is 11.7 Å². The molecule has 4 nitrogen and oxygen atoms in total. The Hall–Kier alpha value is -0.900. The Kier molecular flexibility index (Phi) is 2.81. The van der Waals surface area contributed by atoms with Crippen molar-refractivity contribution in [2.24, 2.45) is 11.7 Å². The highest BCUT2D eigenvalue weighted by Crippen LogP contribution is 2.24. The molecule has 0 bridgehead atoms. The van der Waals surface area contributed by atoms with Gasteiger partial charge < -0.3 is 10.8 Å². The van der Waals surface area contributed by atoms with Crippen LogP contribution in [0.15, 0.2) is 0 Å². The lowest BCUT2D eigenvalue weighted by molar-refractivity contribution is -0.139. The fraction of sp³-hybridized carbons (Fsp3) is 0.750. The van der Waals surface area contributed by atoms with E-state index in [4.69, 9.17) is 10.8 Å². The van der Waals surface area contributed by atoms with Crippen LogP contribution < -0.4 is 5.73 Å². The molecule has 4 heteroatoms. The number of Topliss-reactive ketones (excluding diaryl/α,β-unsaturated/α-hetero) is 1. The lowest BCUT2D eigenvalue weighted by Crippen LogP contribution is -2.33. The van der Waals surface area contributed by atoms with Crippen molar-refractivity contribution in [1.82, 2.24) is 0 Å². The molecule has 1 aliphatic carbocycles. The second kappa shape index (κ2) is 3.67. The van der Waals surface area contributed by atoms with Crippen LogP contribution in [-0.4, -0.2) is 22.9 Å². The number of hydrogen-bond donors (Lipinski definition) is 2. The fourth-order valence-electron chi connectivity index (χ4n) is 1.54. The monoisotopic (exact) mass is 171 g/mol. The van der Waals surface area contributed by atoms with E-state index in [2.05, 4.69) is 0 Å². The molecule has 3 N–H and O–H groups in total. The van der Waals surface area contributed by atoms with Crippen LogP contribution in [0.4, 0.5) is 0 Å². The number of nitrogens with two attached hydrogens (primary N) is 1. The van der Waals surface area contributed by atoms with Crippen LogP contribution >= 0.6 is 0 Å². The number of carbonyl (C=O) groups is 2. The van der Waals surface area contributed by atoms with Gasteiger partial charge in [-0.1, -0.05) is 0 Å². The average Bonchev–Trinajstić information content (AvgIpc) is 2.36. The molecule has 2 atom stereocenters. The maximum Gasteiger partial charge on any atom is 0.320 e. The topological polar surface area (TPSA) is 80.4 Å². The van der Waals surface area contributed by atoms with Gasteiger partial charge in [-0.05, 0) is 19.3 Å². The SMILES string of the molecule is NC(CC1CCCC1=O)C(=O)O. The number of hydrogen-bond acceptors (Lipinski definition) is 3. The number of aliphatic carboxylic acids is 1. The fourth-order valence-corrected chi connectivity index (χ4v) is 1.54. The maximum absolute atomic E-state index is 11.1. The number of carboxylic acid groups (broad SMARTS) is 1. The van der Waals surface area contributed by atoms with E-state index in [1.54, 1.807) is 0 Å². The Morgan fingerprint density at radius 2 is 2.42 bits per heavy atom. The van der Waals surface area contributed by atoms with Crippen molar-refractivity contribution in [3.8, 4) is 0 Å². The number of carbonyl (C=O) groups excluding carboxylic acids is 1. The molecule has 0 aromatic heterocycles. The van der Waals surface area contributed by atoms with Crippen LogP contribution in [0, 0.1) is 5.92 Å². The number of carboxylic acids is 1. The van der Waals surface area contributed by atoms with Gasteiger partial charge in [-0.15, -0.1) is 0 Å². The quantitative estimate of drug-likeness (QED) is 0.633. The van der Waals surface area contributed by atoms with E-state index in [0.717, 1.165) is 12.8 Å². The molecule has 0 amide bonds. The minimum absolute atomic E-state index is 0.101. The molecule has 0 aromatic rings. The summed E-state index contributed by atoms with van der Waals surface area (Å²) in [5, 5.41) is 8.49. The molecule has 1 rings (SSSR count). The molecule has 0 heterocycles. The Bertz CT molecular complexity index is 202. The molecule has 2 unspecified atom stereocenters. The normalized spacial score (nSPS) is 25.8. The lowest BCUT2D eigenvalue weighted by Gasteiger charge is -2.10. The van der Waals surface area contributed by atoms with Gasteiger partial charge in [0.15, 0.2) is 0 Å². The average molecular weight is 171 g/mol. The Balaban J connectivity index is 2.40. The first-order chi connectivity index (χ1) is 5.61. The summed E-state index contributed by atoms with van der Waals surface area (Å²) in [6, 6.07) is -0.878. The molecule has 0 aromatic carbocycles. The first-order valence-electron chi connectivity index (χ1n) is 4.12. The van der Waals surface area contributed by atoms with Crippen molar-refractivity contribution in [2.45, 2.75) is 31.7 Å². The molecule has 0 radical (unpaired) electrons.